The molecule has 23 heavy (non-hydrogen) atoms. The fourth-order valence-electron chi connectivity index (χ4n) is 2.54. The average molecular weight is 314 g/mol. The highest BCUT2D eigenvalue weighted by atomic mass is 19.1. The van der Waals surface area contributed by atoms with E-state index in [1.165, 1.54) is 6.07 Å². The zero-order chi connectivity index (χ0) is 16.6. The molecule has 3 rings (SSSR count). The number of carbonyl (C=O) groups excluding carboxylic acids is 1. The van der Waals surface area contributed by atoms with Crippen molar-refractivity contribution in [2.24, 2.45) is 7.05 Å². The highest BCUT2D eigenvalue weighted by Crippen LogP contribution is 2.31. The molecule has 0 bridgehead atoms. The van der Waals surface area contributed by atoms with Crippen LogP contribution in [0.2, 0.25) is 0 Å². The number of nitrogens with one attached hydrogen (secondary N) is 2. The number of aryl methyl sites for hydroxylation is 2. The maximum atomic E-state index is 14.1. The molecule has 0 aliphatic heterocycles. The maximum absolute atomic E-state index is 14.1. The van der Waals surface area contributed by atoms with Gasteiger partial charge in [0.2, 0.25) is 0 Å². The second-order valence-corrected chi connectivity index (χ2v) is 5.21. The highest BCUT2D eigenvalue weighted by molar-refractivity contribution is 6.11. The largest absolute Gasteiger partial charge is 0.339 e. The van der Waals surface area contributed by atoms with Gasteiger partial charge in [-0.25, -0.2) is 14.9 Å². The molecular weight excluding hydrogens is 299 g/mol. The molecule has 7 heteroatoms. The number of rotatable bonds is 3. The van der Waals surface area contributed by atoms with Gasteiger partial charge in [-0.15, -0.1) is 0 Å². The van der Waals surface area contributed by atoms with Crippen LogP contribution < -0.4 is 10.8 Å². The summed E-state index contributed by atoms with van der Waals surface area (Å²) in [5.41, 5.74) is 3.38. The number of hydroxylamine groups is 1. The van der Waals surface area contributed by atoms with Crippen LogP contribution in [0.25, 0.3) is 11.0 Å². The summed E-state index contributed by atoms with van der Waals surface area (Å²) in [6.07, 6.45) is 1.60. The molecule has 6 nitrogen and oxygen atoms in total. The molecule has 3 aromatic rings. The Morgan fingerprint density at radius 2 is 2.13 bits per heavy atom. The van der Waals surface area contributed by atoms with Crippen molar-refractivity contribution in [3.63, 3.8) is 0 Å². The van der Waals surface area contributed by atoms with Crippen molar-refractivity contribution in [1.82, 2.24) is 15.0 Å². The van der Waals surface area contributed by atoms with E-state index in [0.29, 0.717) is 16.9 Å². The maximum Gasteiger partial charge on any atom is 0.279 e. The van der Waals surface area contributed by atoms with Gasteiger partial charge in [0, 0.05) is 18.6 Å². The third kappa shape index (κ3) is 2.51. The van der Waals surface area contributed by atoms with Crippen LogP contribution in [0.15, 0.2) is 36.5 Å². The Morgan fingerprint density at radius 1 is 1.35 bits per heavy atom. The Hall–Kier alpha value is -2.93. The Labute approximate surface area is 131 Å². The third-order valence-electron chi connectivity index (χ3n) is 3.65. The van der Waals surface area contributed by atoms with Crippen LogP contribution in [0.3, 0.4) is 0 Å². The molecule has 118 valence electrons. The number of fused-ring (bicyclic) bond motifs is 1. The zero-order valence-electron chi connectivity index (χ0n) is 12.6. The predicted molar refractivity (Wildman–Crippen MR) is 84.4 cm³/mol. The molecular formula is C16H15FN4O2. The molecule has 3 N–H and O–H groups in total. The van der Waals surface area contributed by atoms with Crippen LogP contribution in [0.4, 0.5) is 15.9 Å². The fourth-order valence-corrected chi connectivity index (χ4v) is 2.54. The summed E-state index contributed by atoms with van der Waals surface area (Å²) in [5, 5.41) is 12.5. The highest BCUT2D eigenvalue weighted by Gasteiger charge is 2.22. The van der Waals surface area contributed by atoms with Crippen molar-refractivity contribution >= 4 is 28.4 Å². The summed E-state index contributed by atoms with van der Waals surface area (Å²) in [4.78, 5) is 16.3. The quantitative estimate of drug-likeness (QED) is 0.513. The summed E-state index contributed by atoms with van der Waals surface area (Å²) in [6.45, 7) is 1.79. The van der Waals surface area contributed by atoms with Crippen LogP contribution in [0.5, 0.6) is 0 Å². The number of halogens is 1. The van der Waals surface area contributed by atoms with Gasteiger partial charge in [0.1, 0.15) is 17.3 Å². The standard InChI is InChI=1S/C16H15FN4O2/c1-9-5-6-12(11(17)8-9)19-15-13(16(22)20-23)10-4-3-7-18-14(10)21(15)2/h3-8,19,23H,1-2H3,(H,20,22). The average Bonchev–Trinajstić information content (AvgIpc) is 2.82. The number of aromatic nitrogens is 2. The Morgan fingerprint density at radius 3 is 2.83 bits per heavy atom. The lowest BCUT2D eigenvalue weighted by Crippen LogP contribution is -2.20. The first-order valence-corrected chi connectivity index (χ1v) is 6.94. The monoisotopic (exact) mass is 314 g/mol. The van der Waals surface area contributed by atoms with Crippen LogP contribution in [-0.2, 0) is 7.05 Å². The van der Waals surface area contributed by atoms with Gasteiger partial charge in [-0.3, -0.25) is 10.0 Å². The van der Waals surface area contributed by atoms with E-state index in [1.54, 1.807) is 54.5 Å². The summed E-state index contributed by atoms with van der Waals surface area (Å²) in [6, 6.07) is 8.15. The van der Waals surface area contributed by atoms with Gasteiger partial charge in [0.25, 0.3) is 5.91 Å². The zero-order valence-corrected chi connectivity index (χ0v) is 12.6. The van der Waals surface area contributed by atoms with Crippen molar-refractivity contribution in [3.8, 4) is 0 Å². The van der Waals surface area contributed by atoms with Crippen LogP contribution in [0.1, 0.15) is 15.9 Å². The van der Waals surface area contributed by atoms with Crippen molar-refractivity contribution in [1.29, 1.82) is 0 Å². The van der Waals surface area contributed by atoms with Gasteiger partial charge in [0.15, 0.2) is 0 Å². The van der Waals surface area contributed by atoms with Crippen molar-refractivity contribution in [2.75, 3.05) is 5.32 Å². The van der Waals surface area contributed by atoms with E-state index in [0.717, 1.165) is 5.56 Å². The van der Waals surface area contributed by atoms with Crippen molar-refractivity contribution in [3.05, 3.63) is 53.5 Å². The number of nitrogens with zero attached hydrogens (tertiary/aromatic N) is 2. The first kappa shape index (κ1) is 15.0. The van der Waals surface area contributed by atoms with E-state index in [4.69, 9.17) is 5.21 Å². The normalized spacial score (nSPS) is 10.8. The second-order valence-electron chi connectivity index (χ2n) is 5.21. The number of carbonyl (C=O) groups is 1. The number of hydrogen-bond acceptors (Lipinski definition) is 4. The summed E-state index contributed by atoms with van der Waals surface area (Å²) >= 11 is 0. The fraction of sp³-hybridized carbons (Fsp3) is 0.125. The lowest BCUT2D eigenvalue weighted by Gasteiger charge is -2.11. The van der Waals surface area contributed by atoms with Gasteiger partial charge < -0.3 is 9.88 Å². The molecule has 0 aliphatic rings. The number of amides is 1. The minimum atomic E-state index is -0.696. The molecule has 0 saturated heterocycles. The smallest absolute Gasteiger partial charge is 0.279 e. The SMILES string of the molecule is Cc1ccc(Nc2c(C(=O)NO)c3cccnc3n2C)c(F)c1. The summed E-state index contributed by atoms with van der Waals surface area (Å²) in [7, 11) is 1.71. The predicted octanol–water partition coefficient (Wildman–Crippen LogP) is 2.88. The van der Waals surface area contributed by atoms with E-state index >= 15 is 0 Å². The third-order valence-corrected chi connectivity index (χ3v) is 3.65. The Kier molecular flexibility index (Phi) is 3.71. The molecule has 2 heterocycles. The molecule has 0 fully saturated rings. The molecule has 1 aromatic carbocycles. The molecule has 0 spiro atoms. The van der Waals surface area contributed by atoms with Crippen LogP contribution in [0, 0.1) is 12.7 Å². The van der Waals surface area contributed by atoms with Gasteiger partial charge in [0.05, 0.1) is 11.3 Å². The van der Waals surface area contributed by atoms with E-state index in [9.17, 15) is 9.18 Å². The molecule has 2 aromatic heterocycles. The molecule has 0 unspecified atom stereocenters. The van der Waals surface area contributed by atoms with Crippen molar-refractivity contribution in [2.45, 2.75) is 6.92 Å². The minimum absolute atomic E-state index is 0.193. The van der Waals surface area contributed by atoms with Gasteiger partial charge in [-0.05, 0) is 36.8 Å². The number of pyridine rings is 1. The molecule has 0 atom stereocenters. The van der Waals surface area contributed by atoms with E-state index in [2.05, 4.69) is 10.3 Å². The number of hydrogen-bond donors (Lipinski definition) is 3. The van der Waals surface area contributed by atoms with Gasteiger partial charge >= 0.3 is 0 Å². The summed E-state index contributed by atoms with van der Waals surface area (Å²) < 4.78 is 15.7. The van der Waals surface area contributed by atoms with Gasteiger partial charge in [-0.1, -0.05) is 6.07 Å². The van der Waals surface area contributed by atoms with E-state index < -0.39 is 11.7 Å². The van der Waals surface area contributed by atoms with Crippen LogP contribution in [-0.4, -0.2) is 20.7 Å². The summed E-state index contributed by atoms with van der Waals surface area (Å²) in [5.74, 6) is -0.787. The molecule has 0 radical (unpaired) electrons. The Balaban J connectivity index is 2.20. The van der Waals surface area contributed by atoms with Crippen LogP contribution >= 0.6 is 0 Å². The number of benzene rings is 1. The number of anilines is 2. The first-order valence-electron chi connectivity index (χ1n) is 6.94. The van der Waals surface area contributed by atoms with Crippen molar-refractivity contribution < 1.29 is 14.4 Å². The topological polar surface area (TPSA) is 79.2 Å². The minimum Gasteiger partial charge on any atom is -0.339 e. The lowest BCUT2D eigenvalue weighted by molar-refractivity contribution is 0.0709. The van der Waals surface area contributed by atoms with Gasteiger partial charge in [-0.2, -0.15) is 0 Å². The molecule has 1 amide bonds. The Bertz CT molecular complexity index is 904. The van der Waals surface area contributed by atoms with E-state index in [-0.39, 0.29) is 11.3 Å². The molecule has 0 aliphatic carbocycles. The van der Waals surface area contributed by atoms with E-state index in [1.807, 2.05) is 0 Å². The molecule has 0 saturated carbocycles. The first-order chi connectivity index (χ1) is 11.0. The second kappa shape index (κ2) is 5.69. The lowest BCUT2D eigenvalue weighted by atomic mass is 10.2.